The van der Waals surface area contributed by atoms with Gasteiger partial charge < -0.3 is 14.2 Å². The van der Waals surface area contributed by atoms with Crippen LogP contribution >= 0.6 is 0 Å². The van der Waals surface area contributed by atoms with Gasteiger partial charge in [-0.15, -0.1) is 0 Å². The first-order chi connectivity index (χ1) is 13.8. The van der Waals surface area contributed by atoms with E-state index in [1.54, 1.807) is 25.4 Å². The Morgan fingerprint density at radius 3 is 2.69 bits per heavy atom. The number of rotatable bonds is 5. The summed E-state index contributed by atoms with van der Waals surface area (Å²) >= 11 is 0. The van der Waals surface area contributed by atoms with Crippen LogP contribution in [-0.4, -0.2) is 26.2 Å². The van der Waals surface area contributed by atoms with Crippen molar-refractivity contribution in [2.45, 2.75) is 32.5 Å². The van der Waals surface area contributed by atoms with Crippen LogP contribution in [0.5, 0.6) is 5.75 Å². The van der Waals surface area contributed by atoms with Crippen molar-refractivity contribution < 1.29 is 22.4 Å². The molecule has 2 aromatic carbocycles. The van der Waals surface area contributed by atoms with Crippen molar-refractivity contribution >= 4 is 11.0 Å². The highest BCUT2D eigenvalue weighted by Crippen LogP contribution is 2.39. The molecule has 0 spiro atoms. The second kappa shape index (κ2) is 7.23. The van der Waals surface area contributed by atoms with Crippen LogP contribution in [0.1, 0.15) is 25.8 Å². The molecule has 0 radical (unpaired) electrons. The summed E-state index contributed by atoms with van der Waals surface area (Å²) in [5, 5.41) is 3.89. The summed E-state index contributed by atoms with van der Waals surface area (Å²) in [6.07, 6.45) is -2.76. The van der Waals surface area contributed by atoms with Crippen molar-refractivity contribution in [2.24, 2.45) is 0 Å². The number of nitrogens with one attached hydrogen (secondary N) is 1. The summed E-state index contributed by atoms with van der Waals surface area (Å²) in [5.41, 5.74) is 1.50. The molecule has 1 N–H and O–H groups in total. The molecule has 4 aromatic rings. The number of nitrogens with zero attached hydrogens (tertiary/aromatic N) is 3. The Bertz CT molecular complexity index is 1150. The molecule has 2 aromatic heterocycles. The van der Waals surface area contributed by atoms with E-state index < -0.39 is 11.7 Å². The van der Waals surface area contributed by atoms with Crippen molar-refractivity contribution in [3.05, 3.63) is 48.3 Å². The van der Waals surface area contributed by atoms with E-state index in [2.05, 4.69) is 20.1 Å². The molecule has 0 saturated heterocycles. The molecule has 0 bridgehead atoms. The molecular weight excluding hydrogens is 385 g/mol. The highest BCUT2D eigenvalue weighted by atomic mass is 19.4. The lowest BCUT2D eigenvalue weighted by molar-refractivity contribution is -0.139. The second-order valence-electron chi connectivity index (χ2n) is 6.60. The molecule has 0 aliphatic heterocycles. The maximum absolute atomic E-state index is 13.5. The van der Waals surface area contributed by atoms with Gasteiger partial charge in [0.25, 0.3) is 5.89 Å². The van der Waals surface area contributed by atoms with E-state index in [1.807, 2.05) is 13.0 Å². The Morgan fingerprint density at radius 1 is 1.14 bits per heavy atom. The Kier molecular flexibility index (Phi) is 4.73. The normalized spacial score (nSPS) is 13.0. The van der Waals surface area contributed by atoms with Crippen molar-refractivity contribution in [1.82, 2.24) is 20.1 Å². The monoisotopic (exact) mass is 402 g/mol. The lowest BCUT2D eigenvalue weighted by atomic mass is 10.1. The average Bonchev–Trinajstić information content (AvgIpc) is 3.36. The zero-order valence-electron chi connectivity index (χ0n) is 15.6. The third-order valence-electron chi connectivity index (χ3n) is 4.54. The average molecular weight is 402 g/mol. The molecular formula is C20H17F3N4O2. The lowest BCUT2D eigenvalue weighted by Gasteiger charge is -2.18. The smallest absolute Gasteiger partial charge is 0.419 e. The molecule has 150 valence electrons. The number of hydrogen-bond acceptors (Lipinski definition) is 5. The fraction of sp³-hybridized carbons (Fsp3) is 0.250. The number of ether oxygens (including phenoxy) is 1. The highest BCUT2D eigenvalue weighted by molar-refractivity contribution is 5.80. The second-order valence-corrected chi connectivity index (χ2v) is 6.60. The first kappa shape index (κ1) is 19.0. The molecule has 0 fully saturated rings. The van der Waals surface area contributed by atoms with Gasteiger partial charge in [0.2, 0.25) is 5.82 Å². The topological polar surface area (TPSA) is 76.8 Å². The highest BCUT2D eigenvalue weighted by Gasteiger charge is 2.35. The molecule has 4 rings (SSSR count). The van der Waals surface area contributed by atoms with E-state index in [4.69, 9.17) is 9.26 Å². The van der Waals surface area contributed by atoms with Gasteiger partial charge in [0, 0.05) is 11.1 Å². The SMILES string of the molecule is CCC(C)Oc1ccc(-c2nc(-c3ccc4[nH]cnc4c3)no2)cc1C(F)(F)F. The fourth-order valence-electron chi connectivity index (χ4n) is 2.82. The molecule has 29 heavy (non-hydrogen) atoms. The van der Waals surface area contributed by atoms with Crippen LogP contribution in [0.15, 0.2) is 47.2 Å². The summed E-state index contributed by atoms with van der Waals surface area (Å²) in [7, 11) is 0. The minimum atomic E-state index is -4.58. The summed E-state index contributed by atoms with van der Waals surface area (Å²) in [6, 6.07) is 9.08. The largest absolute Gasteiger partial charge is 0.490 e. The van der Waals surface area contributed by atoms with Crippen molar-refractivity contribution in [3.8, 4) is 28.6 Å². The van der Waals surface area contributed by atoms with Crippen LogP contribution < -0.4 is 4.74 Å². The van der Waals surface area contributed by atoms with Crippen LogP contribution in [-0.2, 0) is 6.18 Å². The van der Waals surface area contributed by atoms with Crippen LogP contribution in [0.25, 0.3) is 33.9 Å². The Morgan fingerprint density at radius 2 is 1.93 bits per heavy atom. The summed E-state index contributed by atoms with van der Waals surface area (Å²) < 4.78 is 51.2. The molecule has 6 nitrogen and oxygen atoms in total. The number of alkyl halides is 3. The Balaban J connectivity index is 1.69. The van der Waals surface area contributed by atoms with E-state index in [0.29, 0.717) is 12.0 Å². The minimum Gasteiger partial charge on any atom is -0.490 e. The van der Waals surface area contributed by atoms with Crippen LogP contribution in [0.3, 0.4) is 0 Å². The number of imidazole rings is 1. The number of aromatic amines is 1. The maximum Gasteiger partial charge on any atom is 0.419 e. The van der Waals surface area contributed by atoms with E-state index >= 15 is 0 Å². The van der Waals surface area contributed by atoms with Crippen molar-refractivity contribution in [1.29, 1.82) is 0 Å². The summed E-state index contributed by atoms with van der Waals surface area (Å²) in [6.45, 7) is 3.56. The predicted octanol–water partition coefficient (Wildman–Crippen LogP) is 5.48. The molecule has 9 heteroatoms. The van der Waals surface area contributed by atoms with Gasteiger partial charge in [0.15, 0.2) is 0 Å². The van der Waals surface area contributed by atoms with Crippen molar-refractivity contribution in [3.63, 3.8) is 0 Å². The molecule has 0 aliphatic rings. The molecule has 0 amide bonds. The van der Waals surface area contributed by atoms with E-state index in [1.165, 1.54) is 12.1 Å². The number of fused-ring (bicyclic) bond motifs is 1. The quantitative estimate of drug-likeness (QED) is 0.479. The fourth-order valence-corrected chi connectivity index (χ4v) is 2.82. The van der Waals surface area contributed by atoms with Gasteiger partial charge in [-0.05, 0) is 49.7 Å². The number of benzene rings is 2. The van der Waals surface area contributed by atoms with Crippen molar-refractivity contribution in [2.75, 3.05) is 0 Å². The standard InChI is InChI=1S/C20H17F3N4O2/c1-3-11(2)28-17-7-5-13(8-14(17)20(21,22)23)19-26-18(27-29-19)12-4-6-15-16(9-12)25-10-24-15/h4-11H,3H2,1-2H3,(H,24,25). The van der Waals surface area contributed by atoms with Gasteiger partial charge in [-0.2, -0.15) is 18.2 Å². The van der Waals surface area contributed by atoms with Gasteiger partial charge in [-0.3, -0.25) is 0 Å². The van der Waals surface area contributed by atoms with Gasteiger partial charge >= 0.3 is 6.18 Å². The number of halogens is 3. The van der Waals surface area contributed by atoms with E-state index in [-0.39, 0.29) is 29.1 Å². The first-order valence-corrected chi connectivity index (χ1v) is 9.00. The third kappa shape index (κ3) is 3.80. The van der Waals surface area contributed by atoms with Gasteiger partial charge in [0.05, 0.1) is 29.0 Å². The summed E-state index contributed by atoms with van der Waals surface area (Å²) in [4.78, 5) is 11.4. The number of aromatic nitrogens is 4. The maximum atomic E-state index is 13.5. The third-order valence-corrected chi connectivity index (χ3v) is 4.54. The molecule has 1 unspecified atom stereocenters. The molecule has 1 atom stereocenters. The molecule has 0 aliphatic carbocycles. The van der Waals surface area contributed by atoms with E-state index in [9.17, 15) is 13.2 Å². The Hall–Kier alpha value is -3.36. The zero-order chi connectivity index (χ0) is 20.6. The number of H-pyrrole nitrogens is 1. The minimum absolute atomic E-state index is 0.0114. The molecule has 2 heterocycles. The number of hydrogen-bond donors (Lipinski definition) is 1. The van der Waals surface area contributed by atoms with Gasteiger partial charge in [0.1, 0.15) is 5.75 Å². The van der Waals surface area contributed by atoms with Gasteiger partial charge in [-0.25, -0.2) is 4.98 Å². The summed E-state index contributed by atoms with van der Waals surface area (Å²) in [5.74, 6) is 0.0282. The molecule has 0 saturated carbocycles. The predicted molar refractivity (Wildman–Crippen MR) is 100 cm³/mol. The Labute approximate surface area is 163 Å². The van der Waals surface area contributed by atoms with Gasteiger partial charge in [-0.1, -0.05) is 12.1 Å². The van der Waals surface area contributed by atoms with Crippen LogP contribution in [0.2, 0.25) is 0 Å². The van der Waals surface area contributed by atoms with Crippen LogP contribution in [0, 0.1) is 0 Å². The lowest BCUT2D eigenvalue weighted by Crippen LogP contribution is -2.15. The van der Waals surface area contributed by atoms with E-state index in [0.717, 1.165) is 17.1 Å². The first-order valence-electron chi connectivity index (χ1n) is 9.00. The zero-order valence-corrected chi connectivity index (χ0v) is 15.6. The van der Waals surface area contributed by atoms with Crippen LogP contribution in [0.4, 0.5) is 13.2 Å².